The van der Waals surface area contributed by atoms with Crippen LogP contribution in [0.5, 0.6) is 5.75 Å². The van der Waals surface area contributed by atoms with Crippen LogP contribution in [0.1, 0.15) is 47.4 Å². The second-order valence-electron chi connectivity index (χ2n) is 6.05. The molecular weight excluding hydrogens is 374 g/mol. The van der Waals surface area contributed by atoms with Gasteiger partial charge in [0.05, 0.1) is 12.2 Å². The Morgan fingerprint density at radius 2 is 1.82 bits per heavy atom. The number of benzene rings is 2. The topological polar surface area (TPSA) is 79.5 Å². The molecule has 0 aliphatic carbocycles. The van der Waals surface area contributed by atoms with Crippen molar-refractivity contribution in [2.75, 3.05) is 18.5 Å². The third-order valence-corrected chi connectivity index (χ3v) is 4.04. The molecule has 0 atom stereocenters. The number of anilines is 1. The maximum atomic E-state index is 12.6. The lowest BCUT2D eigenvalue weighted by atomic mass is 10.2. The van der Waals surface area contributed by atoms with E-state index in [1.807, 2.05) is 13.0 Å². The summed E-state index contributed by atoms with van der Waals surface area (Å²) in [7, 11) is 0. The predicted molar refractivity (Wildman–Crippen MR) is 115 cm³/mol. The van der Waals surface area contributed by atoms with Gasteiger partial charge in [-0.1, -0.05) is 31.5 Å². The molecule has 0 saturated heterocycles. The Labute approximate surface area is 170 Å². The van der Waals surface area contributed by atoms with Crippen LogP contribution in [-0.2, 0) is 0 Å². The van der Waals surface area contributed by atoms with Gasteiger partial charge in [-0.2, -0.15) is 0 Å². The monoisotopic (exact) mass is 399 g/mol. The number of hydrogen-bond acceptors (Lipinski definition) is 4. The highest BCUT2D eigenvalue weighted by molar-refractivity contribution is 7.80. The van der Waals surface area contributed by atoms with Gasteiger partial charge < -0.3 is 15.4 Å². The third kappa shape index (κ3) is 6.35. The van der Waals surface area contributed by atoms with Crippen LogP contribution in [0.2, 0.25) is 0 Å². The molecule has 2 aromatic rings. The summed E-state index contributed by atoms with van der Waals surface area (Å²) in [5.41, 5.74) is 1.54. The van der Waals surface area contributed by atoms with Gasteiger partial charge in [-0.05, 0) is 55.9 Å². The highest BCUT2D eigenvalue weighted by atomic mass is 32.1. The van der Waals surface area contributed by atoms with E-state index in [2.05, 4.69) is 22.9 Å². The molecule has 0 heterocycles. The minimum absolute atomic E-state index is 0.140. The largest absolute Gasteiger partial charge is 0.493 e. The van der Waals surface area contributed by atoms with Crippen LogP contribution >= 0.6 is 12.2 Å². The van der Waals surface area contributed by atoms with E-state index in [0.29, 0.717) is 35.7 Å². The molecule has 0 fully saturated rings. The van der Waals surface area contributed by atoms with E-state index in [0.717, 1.165) is 12.8 Å². The molecule has 2 amide bonds. The van der Waals surface area contributed by atoms with Crippen molar-refractivity contribution in [3.63, 3.8) is 0 Å². The summed E-state index contributed by atoms with van der Waals surface area (Å²) < 4.78 is 5.69. The normalized spacial score (nSPS) is 10.1. The smallest absolute Gasteiger partial charge is 0.261 e. The molecule has 7 heteroatoms. The second kappa shape index (κ2) is 11.0. The molecule has 0 saturated carbocycles. The number of unbranched alkanes of at least 4 members (excludes halogenated alkanes) is 1. The quantitative estimate of drug-likeness (QED) is 0.465. The van der Waals surface area contributed by atoms with Gasteiger partial charge in [0, 0.05) is 17.8 Å². The number of rotatable bonds is 8. The number of ether oxygens (including phenoxy) is 1. The van der Waals surface area contributed by atoms with E-state index in [9.17, 15) is 9.59 Å². The van der Waals surface area contributed by atoms with Crippen molar-refractivity contribution in [2.45, 2.75) is 26.7 Å². The number of hydrogen-bond donors (Lipinski definition) is 3. The molecule has 0 spiro atoms. The SMILES string of the molecule is CCCCOc1ccccc1C(=O)NC(=S)Nc1cccc(C(=O)NCC)c1. The minimum atomic E-state index is -0.357. The van der Waals surface area contributed by atoms with Gasteiger partial charge in [0.25, 0.3) is 11.8 Å². The molecule has 2 aromatic carbocycles. The van der Waals surface area contributed by atoms with Crippen LogP contribution < -0.4 is 20.7 Å². The Morgan fingerprint density at radius 1 is 1.04 bits per heavy atom. The number of thiocarbonyl (C=S) groups is 1. The molecule has 2 rings (SSSR count). The zero-order chi connectivity index (χ0) is 20.4. The minimum Gasteiger partial charge on any atom is -0.493 e. The Bertz CT molecular complexity index is 839. The molecule has 0 aromatic heterocycles. The average molecular weight is 400 g/mol. The Morgan fingerprint density at radius 3 is 2.57 bits per heavy atom. The van der Waals surface area contributed by atoms with Crippen molar-refractivity contribution >= 4 is 34.8 Å². The number of carbonyl (C=O) groups is 2. The standard InChI is InChI=1S/C21H25N3O3S/c1-3-5-13-27-18-12-7-6-11-17(18)20(26)24-21(28)23-16-10-8-9-15(14-16)19(25)22-4-2/h6-12,14H,3-5,13H2,1-2H3,(H,22,25)(H2,23,24,26,28). The molecule has 6 nitrogen and oxygen atoms in total. The fourth-order valence-electron chi connectivity index (χ4n) is 2.44. The number of nitrogens with one attached hydrogen (secondary N) is 3. The first-order chi connectivity index (χ1) is 13.5. The molecule has 3 N–H and O–H groups in total. The third-order valence-electron chi connectivity index (χ3n) is 3.83. The highest BCUT2D eigenvalue weighted by Gasteiger charge is 2.14. The molecule has 148 valence electrons. The summed E-state index contributed by atoms with van der Waals surface area (Å²) in [5.74, 6) is -0.00165. The van der Waals surface area contributed by atoms with Crippen LogP contribution in [0.15, 0.2) is 48.5 Å². The van der Waals surface area contributed by atoms with Crippen LogP contribution in [0, 0.1) is 0 Å². The van der Waals surface area contributed by atoms with Crippen molar-refractivity contribution in [2.24, 2.45) is 0 Å². The molecular formula is C21H25N3O3S. The molecule has 0 unspecified atom stereocenters. The molecule has 0 radical (unpaired) electrons. The van der Waals surface area contributed by atoms with Gasteiger partial charge in [0.15, 0.2) is 5.11 Å². The van der Waals surface area contributed by atoms with E-state index < -0.39 is 0 Å². The Balaban J connectivity index is 2.01. The van der Waals surface area contributed by atoms with Gasteiger partial charge in [-0.25, -0.2) is 0 Å². The van der Waals surface area contributed by atoms with E-state index in [4.69, 9.17) is 17.0 Å². The number of carbonyl (C=O) groups excluding carboxylic acids is 2. The average Bonchev–Trinajstić information content (AvgIpc) is 2.69. The predicted octanol–water partition coefficient (Wildman–Crippen LogP) is 3.74. The maximum absolute atomic E-state index is 12.6. The first-order valence-electron chi connectivity index (χ1n) is 9.27. The van der Waals surface area contributed by atoms with E-state index in [1.54, 1.807) is 42.5 Å². The van der Waals surface area contributed by atoms with Crippen LogP contribution in [0.4, 0.5) is 5.69 Å². The Hall–Kier alpha value is -2.93. The molecule has 0 aliphatic heterocycles. The lowest BCUT2D eigenvalue weighted by Gasteiger charge is -2.13. The maximum Gasteiger partial charge on any atom is 0.261 e. The van der Waals surface area contributed by atoms with Gasteiger partial charge in [-0.3, -0.25) is 14.9 Å². The molecule has 0 aliphatic rings. The van der Waals surface area contributed by atoms with Gasteiger partial charge in [0.2, 0.25) is 0 Å². The van der Waals surface area contributed by atoms with Crippen molar-refractivity contribution in [3.05, 3.63) is 59.7 Å². The molecule has 28 heavy (non-hydrogen) atoms. The van der Waals surface area contributed by atoms with Crippen molar-refractivity contribution in [3.8, 4) is 5.75 Å². The van der Waals surface area contributed by atoms with Crippen molar-refractivity contribution < 1.29 is 14.3 Å². The Kier molecular flexibility index (Phi) is 8.42. The van der Waals surface area contributed by atoms with Gasteiger partial charge in [0.1, 0.15) is 5.75 Å². The number of amides is 2. The lowest BCUT2D eigenvalue weighted by molar-refractivity contribution is 0.0952. The van der Waals surface area contributed by atoms with Gasteiger partial charge in [-0.15, -0.1) is 0 Å². The summed E-state index contributed by atoms with van der Waals surface area (Å²) in [5, 5.41) is 8.46. The highest BCUT2D eigenvalue weighted by Crippen LogP contribution is 2.18. The fraction of sp³-hybridized carbons (Fsp3) is 0.286. The number of para-hydroxylation sites is 1. The summed E-state index contributed by atoms with van der Waals surface area (Å²) in [4.78, 5) is 24.5. The van der Waals surface area contributed by atoms with Crippen LogP contribution in [0.3, 0.4) is 0 Å². The van der Waals surface area contributed by atoms with E-state index in [1.165, 1.54) is 0 Å². The van der Waals surface area contributed by atoms with E-state index >= 15 is 0 Å². The molecule has 0 bridgehead atoms. The first-order valence-corrected chi connectivity index (χ1v) is 9.68. The van der Waals surface area contributed by atoms with Crippen LogP contribution in [0.25, 0.3) is 0 Å². The fourth-order valence-corrected chi connectivity index (χ4v) is 2.65. The second-order valence-corrected chi connectivity index (χ2v) is 6.45. The van der Waals surface area contributed by atoms with E-state index in [-0.39, 0.29) is 16.9 Å². The summed E-state index contributed by atoms with van der Waals surface area (Å²) in [6.07, 6.45) is 1.93. The summed E-state index contributed by atoms with van der Waals surface area (Å²) >= 11 is 5.24. The van der Waals surface area contributed by atoms with Crippen molar-refractivity contribution in [1.82, 2.24) is 10.6 Å². The summed E-state index contributed by atoms with van der Waals surface area (Å²) in [6, 6.07) is 13.9. The van der Waals surface area contributed by atoms with Crippen LogP contribution in [-0.4, -0.2) is 30.1 Å². The lowest BCUT2D eigenvalue weighted by Crippen LogP contribution is -2.34. The van der Waals surface area contributed by atoms with Crippen molar-refractivity contribution in [1.29, 1.82) is 0 Å². The van der Waals surface area contributed by atoms with Gasteiger partial charge >= 0.3 is 0 Å². The zero-order valence-electron chi connectivity index (χ0n) is 16.1. The zero-order valence-corrected chi connectivity index (χ0v) is 16.9. The summed E-state index contributed by atoms with van der Waals surface area (Å²) in [6.45, 7) is 5.03. The first kappa shape index (κ1) is 21.4.